The van der Waals surface area contributed by atoms with E-state index in [1.807, 2.05) is 36.2 Å². The summed E-state index contributed by atoms with van der Waals surface area (Å²) < 4.78 is 19.3. The van der Waals surface area contributed by atoms with Crippen molar-refractivity contribution in [2.45, 2.75) is 19.6 Å². The second kappa shape index (κ2) is 6.59. The highest BCUT2D eigenvalue weighted by Crippen LogP contribution is 2.24. The first-order valence-electron chi connectivity index (χ1n) is 6.83. The SMILES string of the molecule is COc1cccc(CN(C)c2ccc([C@H](C)O)cc2F)c1. The van der Waals surface area contributed by atoms with Crippen LogP contribution in [0.3, 0.4) is 0 Å². The number of aliphatic hydroxyl groups is 1. The summed E-state index contributed by atoms with van der Waals surface area (Å²) in [6, 6.07) is 12.5. The summed E-state index contributed by atoms with van der Waals surface area (Å²) in [5.74, 6) is 0.449. The number of nitrogens with zero attached hydrogens (tertiary/aromatic N) is 1. The van der Waals surface area contributed by atoms with E-state index in [4.69, 9.17) is 4.74 Å². The fourth-order valence-corrected chi connectivity index (χ4v) is 2.22. The van der Waals surface area contributed by atoms with E-state index in [0.717, 1.165) is 11.3 Å². The summed E-state index contributed by atoms with van der Waals surface area (Å²) in [4.78, 5) is 1.83. The van der Waals surface area contributed by atoms with E-state index < -0.39 is 6.10 Å². The van der Waals surface area contributed by atoms with Gasteiger partial charge in [0.1, 0.15) is 11.6 Å². The topological polar surface area (TPSA) is 32.7 Å². The molecule has 1 N–H and O–H groups in total. The maximum absolute atomic E-state index is 14.1. The van der Waals surface area contributed by atoms with Gasteiger partial charge in [-0.2, -0.15) is 0 Å². The van der Waals surface area contributed by atoms with Gasteiger partial charge in [-0.15, -0.1) is 0 Å². The normalized spacial score (nSPS) is 12.0. The number of ether oxygens (including phenoxy) is 1. The average molecular weight is 289 g/mol. The number of halogens is 1. The Morgan fingerprint density at radius 1 is 1.24 bits per heavy atom. The molecule has 0 aromatic heterocycles. The number of aliphatic hydroxyl groups excluding tert-OH is 1. The van der Waals surface area contributed by atoms with Crippen LogP contribution in [0, 0.1) is 5.82 Å². The van der Waals surface area contributed by atoms with Crippen molar-refractivity contribution < 1.29 is 14.2 Å². The van der Waals surface area contributed by atoms with Gasteiger partial charge in [0, 0.05) is 13.6 Å². The standard InChI is InChI=1S/C17H20FNO2/c1-12(20)14-7-8-17(16(18)10-14)19(2)11-13-5-4-6-15(9-13)21-3/h4-10,12,20H,11H2,1-3H3/t12-/m0/s1. The summed E-state index contributed by atoms with van der Waals surface area (Å²) in [5, 5.41) is 9.48. The summed E-state index contributed by atoms with van der Waals surface area (Å²) >= 11 is 0. The lowest BCUT2D eigenvalue weighted by atomic mass is 10.1. The molecule has 0 unspecified atom stereocenters. The Bertz CT molecular complexity index is 613. The fourth-order valence-electron chi connectivity index (χ4n) is 2.22. The average Bonchev–Trinajstić information content (AvgIpc) is 2.47. The third-order valence-electron chi connectivity index (χ3n) is 3.42. The van der Waals surface area contributed by atoms with Crippen LogP contribution in [0.2, 0.25) is 0 Å². The zero-order valence-electron chi connectivity index (χ0n) is 12.5. The lowest BCUT2D eigenvalue weighted by Crippen LogP contribution is -2.18. The van der Waals surface area contributed by atoms with Crippen molar-refractivity contribution in [3.63, 3.8) is 0 Å². The maximum atomic E-state index is 14.1. The molecule has 21 heavy (non-hydrogen) atoms. The van der Waals surface area contributed by atoms with Crippen molar-refractivity contribution in [1.82, 2.24) is 0 Å². The highest BCUT2D eigenvalue weighted by Gasteiger charge is 2.11. The van der Waals surface area contributed by atoms with Gasteiger partial charge in [0.05, 0.1) is 18.9 Å². The molecule has 0 spiro atoms. The quantitative estimate of drug-likeness (QED) is 0.914. The smallest absolute Gasteiger partial charge is 0.146 e. The van der Waals surface area contributed by atoms with Crippen molar-refractivity contribution in [3.05, 3.63) is 59.4 Å². The first-order chi connectivity index (χ1) is 10.0. The number of methoxy groups -OCH3 is 1. The van der Waals surface area contributed by atoms with Gasteiger partial charge in [0.2, 0.25) is 0 Å². The van der Waals surface area contributed by atoms with Crippen LogP contribution >= 0.6 is 0 Å². The predicted octanol–water partition coefficient (Wildman–Crippen LogP) is 3.52. The van der Waals surface area contributed by atoms with Crippen LogP contribution in [0.1, 0.15) is 24.2 Å². The summed E-state index contributed by atoms with van der Waals surface area (Å²) in [6.07, 6.45) is -0.669. The van der Waals surface area contributed by atoms with E-state index in [1.54, 1.807) is 26.2 Å². The molecule has 0 saturated heterocycles. The number of hydrogen-bond acceptors (Lipinski definition) is 3. The molecule has 1 atom stereocenters. The molecule has 0 bridgehead atoms. The van der Waals surface area contributed by atoms with Crippen molar-refractivity contribution >= 4 is 5.69 Å². The van der Waals surface area contributed by atoms with Crippen LogP contribution in [-0.2, 0) is 6.54 Å². The minimum atomic E-state index is -0.669. The molecule has 0 aliphatic heterocycles. The molecule has 0 aliphatic rings. The maximum Gasteiger partial charge on any atom is 0.146 e. The first-order valence-corrected chi connectivity index (χ1v) is 6.83. The van der Waals surface area contributed by atoms with Crippen LogP contribution in [-0.4, -0.2) is 19.3 Å². The molecule has 0 amide bonds. The minimum absolute atomic E-state index is 0.334. The minimum Gasteiger partial charge on any atom is -0.497 e. The van der Waals surface area contributed by atoms with Gasteiger partial charge in [-0.1, -0.05) is 18.2 Å². The fraction of sp³-hybridized carbons (Fsp3) is 0.294. The van der Waals surface area contributed by atoms with E-state index in [9.17, 15) is 9.50 Å². The third kappa shape index (κ3) is 3.73. The lowest BCUT2D eigenvalue weighted by molar-refractivity contribution is 0.199. The lowest BCUT2D eigenvalue weighted by Gasteiger charge is -2.21. The second-order valence-corrected chi connectivity index (χ2v) is 5.09. The Morgan fingerprint density at radius 2 is 2.00 bits per heavy atom. The number of hydrogen-bond donors (Lipinski definition) is 1. The van der Waals surface area contributed by atoms with Crippen molar-refractivity contribution in [2.24, 2.45) is 0 Å². The summed E-state index contributed by atoms with van der Waals surface area (Å²) in [7, 11) is 3.46. The van der Waals surface area contributed by atoms with Gasteiger partial charge in [0.25, 0.3) is 0 Å². The van der Waals surface area contributed by atoms with Crippen LogP contribution < -0.4 is 9.64 Å². The van der Waals surface area contributed by atoms with E-state index in [0.29, 0.717) is 17.8 Å². The van der Waals surface area contributed by atoms with E-state index in [1.165, 1.54) is 6.07 Å². The largest absolute Gasteiger partial charge is 0.497 e. The van der Waals surface area contributed by atoms with Crippen LogP contribution in [0.15, 0.2) is 42.5 Å². The molecule has 0 saturated carbocycles. The molecule has 2 rings (SSSR count). The van der Waals surface area contributed by atoms with Gasteiger partial charge in [0.15, 0.2) is 0 Å². The van der Waals surface area contributed by atoms with Crippen molar-refractivity contribution in [2.75, 3.05) is 19.1 Å². The van der Waals surface area contributed by atoms with Gasteiger partial charge in [-0.3, -0.25) is 0 Å². The van der Waals surface area contributed by atoms with E-state index >= 15 is 0 Å². The second-order valence-electron chi connectivity index (χ2n) is 5.09. The van der Waals surface area contributed by atoms with Crippen LogP contribution in [0.4, 0.5) is 10.1 Å². The Morgan fingerprint density at radius 3 is 2.62 bits per heavy atom. The summed E-state index contributed by atoms with van der Waals surface area (Å²) in [5.41, 5.74) is 2.11. The zero-order valence-corrected chi connectivity index (χ0v) is 12.5. The Balaban J connectivity index is 2.18. The Kier molecular flexibility index (Phi) is 4.81. The molecule has 2 aromatic carbocycles. The molecule has 0 aliphatic carbocycles. The van der Waals surface area contributed by atoms with Gasteiger partial charge < -0.3 is 14.7 Å². The van der Waals surface area contributed by atoms with Crippen LogP contribution in [0.5, 0.6) is 5.75 Å². The van der Waals surface area contributed by atoms with Gasteiger partial charge in [-0.25, -0.2) is 4.39 Å². The molecular weight excluding hydrogens is 269 g/mol. The monoisotopic (exact) mass is 289 g/mol. The van der Waals surface area contributed by atoms with Gasteiger partial charge in [-0.05, 0) is 42.3 Å². The first kappa shape index (κ1) is 15.3. The third-order valence-corrected chi connectivity index (χ3v) is 3.42. The predicted molar refractivity (Wildman–Crippen MR) is 82.1 cm³/mol. The molecular formula is C17H20FNO2. The molecule has 4 heteroatoms. The van der Waals surface area contributed by atoms with E-state index in [-0.39, 0.29) is 5.82 Å². The highest BCUT2D eigenvalue weighted by atomic mass is 19.1. The zero-order chi connectivity index (χ0) is 15.4. The molecule has 0 radical (unpaired) electrons. The number of benzene rings is 2. The van der Waals surface area contributed by atoms with Crippen LogP contribution in [0.25, 0.3) is 0 Å². The molecule has 0 fully saturated rings. The molecule has 2 aromatic rings. The Labute approximate surface area is 124 Å². The highest BCUT2D eigenvalue weighted by molar-refractivity contribution is 5.49. The molecule has 3 nitrogen and oxygen atoms in total. The number of anilines is 1. The van der Waals surface area contributed by atoms with Crippen molar-refractivity contribution in [1.29, 1.82) is 0 Å². The Hall–Kier alpha value is -2.07. The summed E-state index contributed by atoms with van der Waals surface area (Å²) in [6.45, 7) is 2.19. The number of rotatable bonds is 5. The molecule has 0 heterocycles. The van der Waals surface area contributed by atoms with Crippen molar-refractivity contribution in [3.8, 4) is 5.75 Å². The molecule has 112 valence electrons. The van der Waals surface area contributed by atoms with E-state index in [2.05, 4.69) is 0 Å². The van der Waals surface area contributed by atoms with Gasteiger partial charge >= 0.3 is 0 Å².